The molecule has 2 nitrogen and oxygen atoms in total. The topological polar surface area (TPSA) is 33.1 Å². The van der Waals surface area contributed by atoms with Crippen molar-refractivity contribution in [1.29, 1.82) is 0 Å². The van der Waals surface area contributed by atoms with Gasteiger partial charge in [0.1, 0.15) is 0 Å². The summed E-state index contributed by atoms with van der Waals surface area (Å²) in [5.41, 5.74) is 1.70. The van der Waals surface area contributed by atoms with Crippen molar-refractivity contribution in [1.82, 2.24) is 4.98 Å². The van der Waals surface area contributed by atoms with Gasteiger partial charge in [-0.25, -0.2) is 4.98 Å². The number of hydrogen-bond donors (Lipinski definition) is 1. The molecule has 1 N–H and O–H groups in total. The summed E-state index contributed by atoms with van der Waals surface area (Å²) in [6, 6.07) is 10.0. The Bertz CT molecular complexity index is 541. The Kier molecular flexibility index (Phi) is 5.34. The van der Waals surface area contributed by atoms with Crippen LogP contribution in [0.1, 0.15) is 50.8 Å². The monoisotopic (exact) mass is 321 g/mol. The lowest BCUT2D eigenvalue weighted by Gasteiger charge is -2.13. The summed E-state index contributed by atoms with van der Waals surface area (Å²) in [5, 5.41) is 11.4. The number of halogens is 1. The predicted octanol–water partition coefficient (Wildman–Crippen LogP) is 5.00. The van der Waals surface area contributed by atoms with Crippen LogP contribution in [0.15, 0.2) is 34.8 Å². The van der Waals surface area contributed by atoms with E-state index in [0.29, 0.717) is 0 Å². The van der Waals surface area contributed by atoms with Crippen LogP contribution in [0.2, 0.25) is 0 Å². The van der Waals surface area contributed by atoms with Gasteiger partial charge in [-0.3, -0.25) is 0 Å². The van der Waals surface area contributed by atoms with Gasteiger partial charge < -0.3 is 5.11 Å². The maximum Gasteiger partial charge on any atom is 0.0971 e. The number of aliphatic hydroxyl groups is 1. The molecule has 0 radical (unpaired) electrons. The molecule has 0 bridgehead atoms. The molecule has 19 heavy (non-hydrogen) atoms. The summed E-state index contributed by atoms with van der Waals surface area (Å²) in [4.78, 5) is 4.58. The molecule has 0 amide bonds. The number of pyridine rings is 1. The minimum Gasteiger partial charge on any atom is -0.387 e. The van der Waals surface area contributed by atoms with Crippen molar-refractivity contribution in [3.63, 3.8) is 0 Å². The van der Waals surface area contributed by atoms with Gasteiger partial charge in [-0.15, -0.1) is 0 Å². The van der Waals surface area contributed by atoms with Crippen LogP contribution in [0.5, 0.6) is 0 Å². The number of aromatic nitrogens is 1. The zero-order valence-electron chi connectivity index (χ0n) is 11.3. The largest absolute Gasteiger partial charge is 0.387 e. The third-order valence-electron chi connectivity index (χ3n) is 3.35. The Morgan fingerprint density at radius 1 is 1.21 bits per heavy atom. The Morgan fingerprint density at radius 2 is 2.00 bits per heavy atom. The Hall–Kier alpha value is -0.930. The molecule has 1 heterocycles. The van der Waals surface area contributed by atoms with Crippen molar-refractivity contribution in [2.75, 3.05) is 0 Å². The molecule has 1 atom stereocenters. The van der Waals surface area contributed by atoms with E-state index in [-0.39, 0.29) is 0 Å². The highest BCUT2D eigenvalue weighted by Crippen LogP contribution is 2.28. The molecule has 2 aromatic rings. The average Bonchev–Trinajstić information content (AvgIpc) is 2.42. The summed E-state index contributed by atoms with van der Waals surface area (Å²) < 4.78 is 0.897. The highest BCUT2D eigenvalue weighted by Gasteiger charge is 2.13. The molecule has 0 aliphatic heterocycles. The van der Waals surface area contributed by atoms with Gasteiger partial charge in [-0.05, 0) is 34.5 Å². The number of rotatable bonds is 6. The zero-order chi connectivity index (χ0) is 13.7. The van der Waals surface area contributed by atoms with E-state index in [1.165, 1.54) is 19.3 Å². The third-order valence-corrected chi connectivity index (χ3v) is 3.99. The van der Waals surface area contributed by atoms with Crippen LogP contribution in [0, 0.1) is 0 Å². The van der Waals surface area contributed by atoms with Crippen molar-refractivity contribution in [3.8, 4) is 0 Å². The predicted molar refractivity (Wildman–Crippen MR) is 83.2 cm³/mol. The molecule has 0 saturated carbocycles. The van der Waals surface area contributed by atoms with Crippen molar-refractivity contribution in [2.45, 2.75) is 45.1 Å². The van der Waals surface area contributed by atoms with Crippen LogP contribution in [0.3, 0.4) is 0 Å². The second-order valence-corrected chi connectivity index (χ2v) is 5.77. The van der Waals surface area contributed by atoms with Gasteiger partial charge in [0.2, 0.25) is 0 Å². The summed E-state index contributed by atoms with van der Waals surface area (Å²) >= 11 is 3.52. The maximum absolute atomic E-state index is 10.3. The number of aliphatic hydroxyl groups excluding tert-OH is 1. The lowest BCUT2D eigenvalue weighted by atomic mass is 10.1. The van der Waals surface area contributed by atoms with Crippen LogP contribution in [0.4, 0.5) is 0 Å². The minimum atomic E-state index is -0.476. The first kappa shape index (κ1) is 14.5. The SMILES string of the molecule is CCCCCCC(O)c1nc2ccccc2cc1Br. The number of para-hydroxylation sites is 1. The van der Waals surface area contributed by atoms with Crippen LogP contribution in [-0.4, -0.2) is 10.1 Å². The van der Waals surface area contributed by atoms with Crippen LogP contribution >= 0.6 is 15.9 Å². The molecular formula is C16H20BrNO. The van der Waals surface area contributed by atoms with Gasteiger partial charge in [-0.2, -0.15) is 0 Å². The first-order chi connectivity index (χ1) is 9.22. The fourth-order valence-corrected chi connectivity index (χ4v) is 2.84. The molecule has 1 unspecified atom stereocenters. The second-order valence-electron chi connectivity index (χ2n) is 4.91. The fraction of sp³-hybridized carbons (Fsp3) is 0.438. The summed E-state index contributed by atoms with van der Waals surface area (Å²) in [6.07, 6.45) is 4.99. The van der Waals surface area contributed by atoms with Gasteiger partial charge in [0.05, 0.1) is 17.3 Å². The summed E-state index contributed by atoms with van der Waals surface area (Å²) in [6.45, 7) is 2.19. The number of benzene rings is 1. The smallest absolute Gasteiger partial charge is 0.0971 e. The molecule has 0 fully saturated rings. The molecule has 0 saturated heterocycles. The molecule has 3 heteroatoms. The normalized spacial score (nSPS) is 12.8. The fourth-order valence-electron chi connectivity index (χ4n) is 2.24. The maximum atomic E-state index is 10.3. The first-order valence-electron chi connectivity index (χ1n) is 6.95. The Balaban J connectivity index is 2.12. The summed E-state index contributed by atoms with van der Waals surface area (Å²) in [7, 11) is 0. The van der Waals surface area contributed by atoms with Crippen molar-refractivity contribution in [3.05, 3.63) is 40.5 Å². The number of fused-ring (bicyclic) bond motifs is 1. The Labute approximate surface area is 123 Å². The van der Waals surface area contributed by atoms with Gasteiger partial charge >= 0.3 is 0 Å². The van der Waals surface area contributed by atoms with E-state index in [1.54, 1.807) is 0 Å². The average molecular weight is 322 g/mol. The van der Waals surface area contributed by atoms with Gasteiger partial charge in [0, 0.05) is 9.86 Å². The van der Waals surface area contributed by atoms with E-state index in [1.807, 2.05) is 30.3 Å². The van der Waals surface area contributed by atoms with E-state index in [4.69, 9.17) is 0 Å². The van der Waals surface area contributed by atoms with Crippen LogP contribution in [0.25, 0.3) is 10.9 Å². The van der Waals surface area contributed by atoms with Crippen molar-refractivity contribution in [2.24, 2.45) is 0 Å². The highest BCUT2D eigenvalue weighted by molar-refractivity contribution is 9.10. The second kappa shape index (κ2) is 7.01. The summed E-state index contributed by atoms with van der Waals surface area (Å²) in [5.74, 6) is 0. The van der Waals surface area contributed by atoms with Crippen molar-refractivity contribution < 1.29 is 5.11 Å². The lowest BCUT2D eigenvalue weighted by molar-refractivity contribution is 0.158. The molecule has 0 spiro atoms. The van der Waals surface area contributed by atoms with E-state index in [9.17, 15) is 5.11 Å². The van der Waals surface area contributed by atoms with Gasteiger partial charge in [0.15, 0.2) is 0 Å². The number of nitrogens with zero attached hydrogens (tertiary/aromatic N) is 1. The minimum absolute atomic E-state index is 0.476. The quantitative estimate of drug-likeness (QED) is 0.759. The molecule has 102 valence electrons. The van der Waals surface area contributed by atoms with E-state index >= 15 is 0 Å². The van der Waals surface area contributed by atoms with Gasteiger partial charge in [0.25, 0.3) is 0 Å². The Morgan fingerprint density at radius 3 is 2.79 bits per heavy atom. The van der Waals surface area contributed by atoms with Gasteiger partial charge in [-0.1, -0.05) is 50.8 Å². The zero-order valence-corrected chi connectivity index (χ0v) is 12.9. The van der Waals surface area contributed by atoms with E-state index < -0.39 is 6.10 Å². The number of hydrogen-bond acceptors (Lipinski definition) is 2. The molecule has 0 aliphatic rings. The van der Waals surface area contributed by atoms with Crippen LogP contribution < -0.4 is 0 Å². The van der Waals surface area contributed by atoms with E-state index in [2.05, 4.69) is 27.8 Å². The molecule has 2 rings (SSSR count). The molecule has 1 aromatic heterocycles. The molecular weight excluding hydrogens is 302 g/mol. The van der Waals surface area contributed by atoms with Crippen molar-refractivity contribution >= 4 is 26.8 Å². The lowest BCUT2D eigenvalue weighted by Crippen LogP contribution is -2.02. The third kappa shape index (κ3) is 3.77. The molecule has 0 aliphatic carbocycles. The first-order valence-corrected chi connectivity index (χ1v) is 7.75. The van der Waals surface area contributed by atoms with E-state index in [0.717, 1.165) is 33.9 Å². The highest BCUT2D eigenvalue weighted by atomic mass is 79.9. The molecule has 1 aromatic carbocycles. The standard InChI is InChI=1S/C16H20BrNO/c1-2-3-4-5-10-15(19)16-13(17)11-12-8-6-7-9-14(12)18-16/h6-9,11,15,19H,2-5,10H2,1H3. The van der Waals surface area contributed by atoms with Crippen LogP contribution in [-0.2, 0) is 0 Å². The number of unbranched alkanes of at least 4 members (excludes halogenated alkanes) is 3.